The molecule has 1 N–H and O–H groups in total. The maximum absolute atomic E-state index is 4.96. The zero-order valence-corrected chi connectivity index (χ0v) is 14.6. The third-order valence-corrected chi connectivity index (χ3v) is 4.19. The van der Waals surface area contributed by atoms with E-state index < -0.39 is 0 Å². The number of hydrogen-bond acceptors (Lipinski definition) is 4. The highest BCUT2D eigenvalue weighted by Gasteiger charge is 2.22. The quantitative estimate of drug-likeness (QED) is 0.925. The van der Waals surface area contributed by atoms with Crippen LogP contribution in [0, 0.1) is 6.92 Å². The minimum atomic E-state index is -0.0550. The van der Waals surface area contributed by atoms with Gasteiger partial charge in [0, 0.05) is 37.2 Å². The third-order valence-electron chi connectivity index (χ3n) is 4.19. The van der Waals surface area contributed by atoms with Crippen molar-refractivity contribution >= 4 is 5.69 Å². The van der Waals surface area contributed by atoms with Crippen LogP contribution in [0.2, 0.25) is 0 Å². The van der Waals surface area contributed by atoms with Crippen LogP contribution in [-0.4, -0.2) is 36.1 Å². The molecular weight excluding hydrogens is 284 g/mol. The van der Waals surface area contributed by atoms with Gasteiger partial charge in [0.25, 0.3) is 0 Å². The zero-order chi connectivity index (χ0) is 16.4. The van der Waals surface area contributed by atoms with Crippen LogP contribution >= 0.6 is 0 Å². The minimum Gasteiger partial charge on any atom is -0.366 e. The summed E-state index contributed by atoms with van der Waals surface area (Å²) < 4.78 is 0. The van der Waals surface area contributed by atoms with E-state index in [1.165, 1.54) is 11.1 Å². The average molecular weight is 310 g/mol. The van der Waals surface area contributed by atoms with Gasteiger partial charge in [-0.25, -0.2) is 9.97 Å². The van der Waals surface area contributed by atoms with Crippen LogP contribution in [0.4, 0.5) is 5.69 Å². The summed E-state index contributed by atoms with van der Waals surface area (Å²) in [5.41, 5.74) is 4.57. The second-order valence-corrected chi connectivity index (χ2v) is 7.28. The van der Waals surface area contributed by atoms with Gasteiger partial charge in [-0.1, -0.05) is 44.5 Å². The molecule has 0 aliphatic carbocycles. The van der Waals surface area contributed by atoms with Crippen LogP contribution in [-0.2, 0) is 5.41 Å². The predicted octanol–water partition coefficient (Wildman–Crippen LogP) is 3.16. The molecule has 0 unspecified atom stereocenters. The van der Waals surface area contributed by atoms with Crippen molar-refractivity contribution in [2.75, 3.05) is 31.1 Å². The lowest BCUT2D eigenvalue weighted by molar-refractivity contribution is 0.543. The standard InChI is InChI=1S/C19H26N4/c1-14-6-5-7-15(12-14)17-16(23-10-8-20-9-11-23)13-21-18(22-17)19(2,3)4/h5-7,12-13,20H,8-11H2,1-4H3. The fourth-order valence-electron chi connectivity index (χ4n) is 2.88. The second-order valence-electron chi connectivity index (χ2n) is 7.28. The number of anilines is 1. The van der Waals surface area contributed by atoms with Gasteiger partial charge in [0.2, 0.25) is 0 Å². The molecule has 0 saturated carbocycles. The fraction of sp³-hybridized carbons (Fsp3) is 0.474. The van der Waals surface area contributed by atoms with Crippen molar-refractivity contribution in [1.82, 2.24) is 15.3 Å². The van der Waals surface area contributed by atoms with E-state index in [1.807, 2.05) is 6.20 Å². The van der Waals surface area contributed by atoms with E-state index in [9.17, 15) is 0 Å². The molecule has 1 saturated heterocycles. The van der Waals surface area contributed by atoms with Crippen molar-refractivity contribution in [2.45, 2.75) is 33.1 Å². The lowest BCUT2D eigenvalue weighted by Gasteiger charge is -2.31. The number of aryl methyl sites for hydroxylation is 1. The Balaban J connectivity index is 2.11. The van der Waals surface area contributed by atoms with E-state index in [1.54, 1.807) is 0 Å². The molecular formula is C19H26N4. The van der Waals surface area contributed by atoms with Crippen molar-refractivity contribution in [3.05, 3.63) is 41.9 Å². The van der Waals surface area contributed by atoms with Crippen molar-refractivity contribution in [3.8, 4) is 11.3 Å². The van der Waals surface area contributed by atoms with E-state index in [0.29, 0.717) is 0 Å². The largest absolute Gasteiger partial charge is 0.366 e. The summed E-state index contributed by atoms with van der Waals surface area (Å²) in [6.07, 6.45) is 2.01. The number of piperazine rings is 1. The number of aromatic nitrogens is 2. The van der Waals surface area contributed by atoms with Crippen molar-refractivity contribution < 1.29 is 0 Å². The summed E-state index contributed by atoms with van der Waals surface area (Å²) in [6.45, 7) is 12.6. The zero-order valence-electron chi connectivity index (χ0n) is 14.6. The van der Waals surface area contributed by atoms with Gasteiger partial charge in [-0.05, 0) is 13.0 Å². The molecule has 4 heteroatoms. The van der Waals surface area contributed by atoms with Gasteiger partial charge >= 0.3 is 0 Å². The van der Waals surface area contributed by atoms with E-state index >= 15 is 0 Å². The molecule has 3 rings (SSSR count). The third kappa shape index (κ3) is 3.53. The molecule has 1 fully saturated rings. The highest BCUT2D eigenvalue weighted by molar-refractivity contribution is 5.75. The molecule has 122 valence electrons. The molecule has 2 heterocycles. The predicted molar refractivity (Wildman–Crippen MR) is 96.0 cm³/mol. The first-order valence-corrected chi connectivity index (χ1v) is 8.35. The molecule has 0 bridgehead atoms. The molecule has 0 radical (unpaired) electrons. The average Bonchev–Trinajstić information content (AvgIpc) is 2.54. The van der Waals surface area contributed by atoms with Crippen LogP contribution in [0.25, 0.3) is 11.3 Å². The number of nitrogens with one attached hydrogen (secondary N) is 1. The first kappa shape index (κ1) is 15.9. The molecule has 1 aliphatic heterocycles. The van der Waals surface area contributed by atoms with E-state index in [-0.39, 0.29) is 5.41 Å². The highest BCUT2D eigenvalue weighted by Crippen LogP contribution is 2.31. The molecule has 4 nitrogen and oxygen atoms in total. The van der Waals surface area contributed by atoms with Crippen molar-refractivity contribution in [1.29, 1.82) is 0 Å². The molecule has 0 spiro atoms. The highest BCUT2D eigenvalue weighted by atomic mass is 15.2. The van der Waals surface area contributed by atoms with Crippen LogP contribution in [0.3, 0.4) is 0 Å². The van der Waals surface area contributed by atoms with Crippen LogP contribution in [0.1, 0.15) is 32.2 Å². The lowest BCUT2D eigenvalue weighted by Crippen LogP contribution is -2.44. The van der Waals surface area contributed by atoms with E-state index in [2.05, 4.69) is 67.2 Å². The molecule has 1 aromatic heterocycles. The molecule has 1 aromatic carbocycles. The Morgan fingerprint density at radius 2 is 1.87 bits per heavy atom. The maximum atomic E-state index is 4.96. The maximum Gasteiger partial charge on any atom is 0.134 e. The molecule has 0 atom stereocenters. The van der Waals surface area contributed by atoms with E-state index in [0.717, 1.165) is 43.4 Å². The summed E-state index contributed by atoms with van der Waals surface area (Å²) in [5.74, 6) is 0.896. The molecule has 2 aromatic rings. The van der Waals surface area contributed by atoms with Gasteiger partial charge in [-0.2, -0.15) is 0 Å². The second kappa shape index (κ2) is 6.28. The number of nitrogens with zero attached hydrogens (tertiary/aromatic N) is 3. The first-order chi connectivity index (χ1) is 10.9. The molecule has 0 amide bonds. The molecule has 23 heavy (non-hydrogen) atoms. The van der Waals surface area contributed by atoms with Crippen LogP contribution in [0.15, 0.2) is 30.5 Å². The van der Waals surface area contributed by atoms with Gasteiger partial charge in [0.15, 0.2) is 0 Å². The van der Waals surface area contributed by atoms with Gasteiger partial charge in [0.05, 0.1) is 17.6 Å². The Morgan fingerprint density at radius 1 is 1.13 bits per heavy atom. The van der Waals surface area contributed by atoms with E-state index in [4.69, 9.17) is 4.98 Å². The lowest BCUT2D eigenvalue weighted by atomic mass is 9.95. The summed E-state index contributed by atoms with van der Waals surface area (Å²) in [7, 11) is 0. The Labute approximate surface area is 139 Å². The van der Waals surface area contributed by atoms with Crippen LogP contribution in [0.5, 0.6) is 0 Å². The monoisotopic (exact) mass is 310 g/mol. The van der Waals surface area contributed by atoms with Gasteiger partial charge in [-0.3, -0.25) is 0 Å². The minimum absolute atomic E-state index is 0.0550. The Hall–Kier alpha value is -1.94. The number of benzene rings is 1. The fourth-order valence-corrected chi connectivity index (χ4v) is 2.88. The summed E-state index contributed by atoms with van der Waals surface area (Å²) in [4.78, 5) is 12.0. The summed E-state index contributed by atoms with van der Waals surface area (Å²) in [5, 5.41) is 3.41. The Bertz CT molecular complexity index is 682. The topological polar surface area (TPSA) is 41.1 Å². The Morgan fingerprint density at radius 3 is 2.52 bits per heavy atom. The first-order valence-electron chi connectivity index (χ1n) is 8.35. The molecule has 1 aliphatic rings. The van der Waals surface area contributed by atoms with Crippen molar-refractivity contribution in [3.63, 3.8) is 0 Å². The smallest absolute Gasteiger partial charge is 0.134 e. The van der Waals surface area contributed by atoms with Gasteiger partial charge in [-0.15, -0.1) is 0 Å². The van der Waals surface area contributed by atoms with Gasteiger partial charge in [0.1, 0.15) is 5.82 Å². The summed E-state index contributed by atoms with van der Waals surface area (Å²) >= 11 is 0. The SMILES string of the molecule is Cc1cccc(-c2nc(C(C)(C)C)ncc2N2CCNCC2)c1. The number of hydrogen-bond donors (Lipinski definition) is 1. The van der Waals surface area contributed by atoms with Crippen LogP contribution < -0.4 is 10.2 Å². The Kier molecular flexibility index (Phi) is 4.35. The van der Waals surface area contributed by atoms with Crippen molar-refractivity contribution in [2.24, 2.45) is 0 Å². The number of rotatable bonds is 2. The van der Waals surface area contributed by atoms with Gasteiger partial charge < -0.3 is 10.2 Å². The summed E-state index contributed by atoms with van der Waals surface area (Å²) in [6, 6.07) is 8.58. The normalized spacial score (nSPS) is 15.7.